The van der Waals surface area contributed by atoms with Crippen molar-refractivity contribution in [3.63, 3.8) is 0 Å². The molecule has 0 saturated carbocycles. The van der Waals surface area contributed by atoms with E-state index in [1.165, 1.54) is 46.1 Å². The van der Waals surface area contributed by atoms with Gasteiger partial charge in [-0.15, -0.1) is 0 Å². The van der Waals surface area contributed by atoms with Crippen LogP contribution >= 0.6 is 0 Å². The van der Waals surface area contributed by atoms with E-state index in [0.29, 0.717) is 5.56 Å². The molecule has 0 aliphatic rings. The van der Waals surface area contributed by atoms with Crippen molar-refractivity contribution in [2.75, 3.05) is 0 Å². The van der Waals surface area contributed by atoms with E-state index < -0.39 is 26.4 Å². The number of aromatic nitrogens is 10. The van der Waals surface area contributed by atoms with Crippen LogP contribution in [-0.2, 0) is 35.2 Å². The Hall–Kier alpha value is -8.50. The first-order valence-corrected chi connectivity index (χ1v) is 27.0. The van der Waals surface area contributed by atoms with Gasteiger partial charge in [-0.05, 0) is 183 Å². The second kappa shape index (κ2) is 28.1. The smallest absolute Gasteiger partial charge is 0.214 e. The third kappa shape index (κ3) is 15.7. The minimum atomic E-state index is -2.41. The Bertz CT molecular complexity index is 4130. The van der Waals surface area contributed by atoms with E-state index in [4.69, 9.17) is 13.7 Å². The number of nitrogens with zero attached hydrogens (tertiary/aromatic N) is 10. The van der Waals surface area contributed by atoms with Gasteiger partial charge in [-0.3, -0.25) is 24.9 Å². The molecule has 0 spiro atoms. The van der Waals surface area contributed by atoms with Gasteiger partial charge in [0.1, 0.15) is 35.2 Å². The van der Waals surface area contributed by atoms with Gasteiger partial charge in [0, 0.05) is 110 Å². The topological polar surface area (TPSA) is 83.9 Å². The summed E-state index contributed by atoms with van der Waals surface area (Å²) in [4.78, 5) is 21.5. The lowest BCUT2D eigenvalue weighted by molar-refractivity contribution is -0.660. The lowest BCUT2D eigenvalue weighted by Crippen LogP contribution is -2.32. The summed E-state index contributed by atoms with van der Waals surface area (Å²) in [7, 11) is 9.91. The number of rotatable bonds is 6. The summed E-state index contributed by atoms with van der Waals surface area (Å²) in [5.74, 6) is -1.71. The highest BCUT2D eigenvalue weighted by atomic mass is 14.9. The van der Waals surface area contributed by atoms with E-state index in [0.717, 1.165) is 78.8 Å². The Morgan fingerprint density at radius 2 is 0.877 bits per heavy atom. The van der Waals surface area contributed by atoms with Crippen molar-refractivity contribution in [2.45, 2.75) is 110 Å². The summed E-state index contributed by atoms with van der Waals surface area (Å²) in [6.45, 7) is 16.7. The van der Waals surface area contributed by atoms with Crippen LogP contribution in [0.5, 0.6) is 0 Å². The van der Waals surface area contributed by atoms with E-state index >= 15 is 0 Å². The third-order valence-corrected chi connectivity index (χ3v) is 14.2. The SMILES string of the molecule is Cc1cc[n+](C)c(-c2c(C)ccnc2C)c1.Cc1ccnc(C)c1-c1cccc[n+]1C.[2H]C([2H])([2H])C([2H])(C)c1cc(C)c(-c2cccc[n+]2C)cn1.[2H]C([2H])([2H])c1c[n+](C)c(-c2c(C)ccnc2C)cc1C.[2H]C([2H])([2H])c1cc(C)c(-c2cccc[n+]2C)c(C)n1. The number of aryl methyl sites for hydroxylation is 18. The average Bonchev–Trinajstić information content (AvgIpc) is 0.854. The maximum atomic E-state index is 8.10. The van der Waals surface area contributed by atoms with Gasteiger partial charge in [0.2, 0.25) is 28.5 Å². The molecule has 0 N–H and O–H groups in total. The number of pyridine rings is 10. The largest absolute Gasteiger partial charge is 0.261 e. The van der Waals surface area contributed by atoms with Crippen molar-refractivity contribution in [3.05, 3.63) is 238 Å². The maximum Gasteiger partial charge on any atom is 0.214 e. The summed E-state index contributed by atoms with van der Waals surface area (Å²) in [6, 6.07) is 33.7. The molecular formula is C71H87N10+5. The summed E-state index contributed by atoms with van der Waals surface area (Å²) in [5, 5.41) is 0. The molecule has 0 aromatic carbocycles. The molecular weight excluding hydrogens is 993 g/mol. The van der Waals surface area contributed by atoms with Gasteiger partial charge in [0.15, 0.2) is 31.0 Å². The molecule has 0 bridgehead atoms. The van der Waals surface area contributed by atoms with Crippen LogP contribution in [0.15, 0.2) is 159 Å². The predicted molar refractivity (Wildman–Crippen MR) is 330 cm³/mol. The molecule has 10 rings (SSSR count). The molecule has 10 aromatic rings. The minimum Gasteiger partial charge on any atom is -0.261 e. The summed E-state index contributed by atoms with van der Waals surface area (Å²) < 4.78 is 85.8. The van der Waals surface area contributed by atoms with Crippen molar-refractivity contribution in [3.8, 4) is 56.3 Å². The van der Waals surface area contributed by atoms with Crippen molar-refractivity contribution < 1.29 is 36.5 Å². The van der Waals surface area contributed by atoms with Crippen LogP contribution in [0.3, 0.4) is 0 Å². The van der Waals surface area contributed by atoms with E-state index in [1.807, 2.05) is 156 Å². The van der Waals surface area contributed by atoms with Crippen LogP contribution in [0.4, 0.5) is 0 Å². The molecule has 10 heterocycles. The minimum absolute atomic E-state index is 0.157. The van der Waals surface area contributed by atoms with Gasteiger partial charge >= 0.3 is 0 Å². The first kappa shape index (κ1) is 48.4. The Kier molecular flexibility index (Phi) is 16.8. The molecule has 0 radical (unpaired) electrons. The molecule has 81 heavy (non-hydrogen) atoms. The highest BCUT2D eigenvalue weighted by molar-refractivity contribution is 5.66. The Morgan fingerprint density at radius 1 is 0.407 bits per heavy atom. The Labute approximate surface area is 498 Å². The molecule has 0 aliphatic heterocycles. The van der Waals surface area contributed by atoms with Crippen LogP contribution < -0.4 is 22.8 Å². The molecule has 1 atom stereocenters. The fourth-order valence-corrected chi connectivity index (χ4v) is 9.78. The third-order valence-electron chi connectivity index (χ3n) is 14.2. The van der Waals surface area contributed by atoms with Gasteiger partial charge in [0.25, 0.3) is 0 Å². The number of hydrogen-bond acceptors (Lipinski definition) is 5. The highest BCUT2D eigenvalue weighted by Crippen LogP contribution is 2.27. The van der Waals surface area contributed by atoms with Crippen molar-refractivity contribution in [1.29, 1.82) is 0 Å². The highest BCUT2D eigenvalue weighted by Gasteiger charge is 2.20. The van der Waals surface area contributed by atoms with Crippen LogP contribution in [0.2, 0.25) is 0 Å². The second-order valence-corrected chi connectivity index (χ2v) is 20.7. The van der Waals surface area contributed by atoms with Crippen LogP contribution in [0.1, 0.15) is 112 Å². The lowest BCUT2D eigenvalue weighted by atomic mass is 10.0. The monoisotopic (exact) mass is 1090 g/mol. The Morgan fingerprint density at radius 3 is 1.32 bits per heavy atom. The van der Waals surface area contributed by atoms with Crippen molar-refractivity contribution >= 4 is 0 Å². The zero-order chi connectivity index (χ0) is 67.7. The number of hydrogen-bond donors (Lipinski definition) is 0. The van der Waals surface area contributed by atoms with Crippen LogP contribution in [0.25, 0.3) is 56.3 Å². The van der Waals surface area contributed by atoms with Gasteiger partial charge in [-0.1, -0.05) is 13.8 Å². The molecule has 1 unspecified atom stereocenters. The fourth-order valence-electron chi connectivity index (χ4n) is 9.78. The van der Waals surface area contributed by atoms with E-state index in [1.54, 1.807) is 30.7 Å². The van der Waals surface area contributed by atoms with Crippen LogP contribution in [-0.4, -0.2) is 24.9 Å². The Balaban J connectivity index is 0.000000182. The first-order chi connectivity index (χ1) is 42.5. The summed E-state index contributed by atoms with van der Waals surface area (Å²) in [6.07, 6.45) is 16.9. The van der Waals surface area contributed by atoms with Gasteiger partial charge in [0.05, 0.1) is 50.6 Å². The fraction of sp³-hybridized carbons (Fsp3) is 0.296. The molecule has 0 saturated heterocycles. The standard InChI is InChI=1S/2C15H19N2.2C14H17N2.C13H15N2/c1-10-6-7-16-13(4)15(10)14-8-11(2)12(3)9-17(14)5;1-11(2)14-9-12(3)13(10-16-14)15-7-5-6-8-17(15)4;1-10-6-8-16(4)13(9-10)14-11(2)5-7-15-12(14)3;1-10-9-11(2)15-12(3)14(10)13-7-5-6-8-16(13)4;1-10-7-8-14-11(2)13(10)12-6-4-5-9-15(12)3/h6-9H,1-5H3;5-11H,1-4H3;2*5-9H,1-4H3;4-9H,1-3H3/q5*+1/i3D3;1D3,11D;;2D3;. The predicted octanol–water partition coefficient (Wildman–Crippen LogP) is 13.0. The van der Waals surface area contributed by atoms with Crippen LogP contribution in [0, 0.1) is 89.9 Å². The quantitative estimate of drug-likeness (QED) is 0.155. The van der Waals surface area contributed by atoms with Crippen molar-refractivity contribution in [1.82, 2.24) is 24.9 Å². The molecule has 416 valence electrons. The zero-order valence-electron chi connectivity index (χ0n) is 60.5. The molecule has 0 amide bonds. The van der Waals surface area contributed by atoms with Gasteiger partial charge < -0.3 is 0 Å². The molecule has 10 heteroatoms. The maximum absolute atomic E-state index is 8.10. The van der Waals surface area contributed by atoms with E-state index in [2.05, 4.69) is 132 Å². The van der Waals surface area contributed by atoms with Gasteiger partial charge in [-0.2, -0.15) is 0 Å². The molecule has 0 aliphatic carbocycles. The van der Waals surface area contributed by atoms with Crippen molar-refractivity contribution in [2.24, 2.45) is 35.2 Å². The zero-order valence-corrected chi connectivity index (χ0v) is 50.5. The van der Waals surface area contributed by atoms with E-state index in [9.17, 15) is 0 Å². The molecule has 10 aromatic heterocycles. The lowest BCUT2D eigenvalue weighted by Gasteiger charge is -2.08. The molecule has 0 fully saturated rings. The summed E-state index contributed by atoms with van der Waals surface area (Å²) >= 11 is 0. The van der Waals surface area contributed by atoms with E-state index in [-0.39, 0.29) is 11.4 Å². The molecule has 10 nitrogen and oxygen atoms in total. The summed E-state index contributed by atoms with van der Waals surface area (Å²) in [5.41, 5.74) is 23.2. The first-order valence-electron chi connectivity index (χ1n) is 32.0. The normalized spacial score (nSPS) is 13.6. The average molecular weight is 1090 g/mol. The second-order valence-electron chi connectivity index (χ2n) is 20.7. The van der Waals surface area contributed by atoms with Gasteiger partial charge in [-0.25, -0.2) is 22.8 Å².